The number of hydrogen-bond acceptors (Lipinski definition) is 3. The van der Waals surface area contributed by atoms with Crippen LogP contribution in [-0.4, -0.2) is 11.8 Å². The number of benzene rings is 1. The van der Waals surface area contributed by atoms with Crippen molar-refractivity contribution >= 4 is 22.8 Å². The van der Waals surface area contributed by atoms with Crippen LogP contribution >= 0.6 is 0 Å². The first kappa shape index (κ1) is 12.7. The molecular weight excluding hydrogens is 256 g/mol. The summed E-state index contributed by atoms with van der Waals surface area (Å²) >= 11 is 0. The number of aryl methyl sites for hydroxylation is 1. The second kappa shape index (κ2) is 4.67. The van der Waals surface area contributed by atoms with E-state index in [0.717, 1.165) is 17.4 Å². The van der Waals surface area contributed by atoms with E-state index in [9.17, 15) is 9.59 Å². The van der Waals surface area contributed by atoms with Crippen molar-refractivity contribution in [3.05, 3.63) is 35.6 Å². The van der Waals surface area contributed by atoms with Crippen LogP contribution in [-0.2, 0) is 4.79 Å². The highest BCUT2D eigenvalue weighted by Crippen LogP contribution is 2.37. The first-order chi connectivity index (χ1) is 9.58. The van der Waals surface area contributed by atoms with Gasteiger partial charge in [0.25, 0.3) is 0 Å². The van der Waals surface area contributed by atoms with Crippen molar-refractivity contribution in [1.82, 2.24) is 10.9 Å². The molecule has 5 heteroatoms. The zero-order valence-corrected chi connectivity index (χ0v) is 11.4. The molecule has 1 heterocycles. The molecule has 3 rings (SSSR count). The number of carbonyl (C=O) groups excluding carboxylic acids is 2. The van der Waals surface area contributed by atoms with Gasteiger partial charge in [-0.3, -0.25) is 20.4 Å². The molecule has 1 aromatic carbocycles. The van der Waals surface area contributed by atoms with E-state index in [2.05, 4.69) is 10.9 Å². The van der Waals surface area contributed by atoms with E-state index >= 15 is 0 Å². The molecule has 1 aromatic heterocycles. The maximum Gasteiger partial charge on any atom is 0.305 e. The summed E-state index contributed by atoms with van der Waals surface area (Å²) in [4.78, 5) is 23.7. The van der Waals surface area contributed by atoms with Gasteiger partial charge >= 0.3 is 5.91 Å². The van der Waals surface area contributed by atoms with Gasteiger partial charge in [-0.15, -0.1) is 0 Å². The van der Waals surface area contributed by atoms with Crippen molar-refractivity contribution in [2.45, 2.75) is 20.3 Å². The summed E-state index contributed by atoms with van der Waals surface area (Å²) in [5.41, 5.74) is 6.29. The number of furan rings is 1. The van der Waals surface area contributed by atoms with Crippen molar-refractivity contribution in [3.8, 4) is 0 Å². The van der Waals surface area contributed by atoms with Crippen molar-refractivity contribution in [2.24, 2.45) is 11.8 Å². The van der Waals surface area contributed by atoms with E-state index in [-0.39, 0.29) is 17.6 Å². The van der Waals surface area contributed by atoms with Gasteiger partial charge in [0, 0.05) is 16.9 Å². The summed E-state index contributed by atoms with van der Waals surface area (Å²) in [5.74, 6) is 0.0854. The summed E-state index contributed by atoms with van der Waals surface area (Å²) in [7, 11) is 0. The molecule has 5 nitrogen and oxygen atoms in total. The van der Waals surface area contributed by atoms with Gasteiger partial charge in [0.2, 0.25) is 5.91 Å². The van der Waals surface area contributed by atoms with E-state index < -0.39 is 5.91 Å². The van der Waals surface area contributed by atoms with E-state index in [0.29, 0.717) is 11.5 Å². The Balaban J connectivity index is 1.72. The average molecular weight is 272 g/mol. The minimum Gasteiger partial charge on any atom is -0.451 e. The van der Waals surface area contributed by atoms with Gasteiger partial charge in [0.1, 0.15) is 5.58 Å². The number of amides is 2. The quantitative estimate of drug-likeness (QED) is 0.823. The first-order valence-electron chi connectivity index (χ1n) is 6.66. The SMILES string of the molecule is Cc1c(C(=O)NNC(=O)[C@@H]2C[C@@H]2C)oc2ccccc12. The van der Waals surface area contributed by atoms with Crippen molar-refractivity contribution in [2.75, 3.05) is 0 Å². The maximum atomic E-state index is 12.0. The Bertz CT molecular complexity index is 689. The topological polar surface area (TPSA) is 71.3 Å². The van der Waals surface area contributed by atoms with Gasteiger partial charge in [0.15, 0.2) is 5.76 Å². The number of rotatable bonds is 2. The number of carbonyl (C=O) groups is 2. The number of hydrogen-bond donors (Lipinski definition) is 2. The zero-order valence-electron chi connectivity index (χ0n) is 11.4. The highest BCUT2D eigenvalue weighted by molar-refractivity contribution is 5.99. The maximum absolute atomic E-state index is 12.0. The molecule has 20 heavy (non-hydrogen) atoms. The van der Waals surface area contributed by atoms with Crippen LogP contribution in [0.25, 0.3) is 11.0 Å². The van der Waals surface area contributed by atoms with Gasteiger partial charge in [-0.05, 0) is 25.3 Å². The Morgan fingerprint density at radius 1 is 1.25 bits per heavy atom. The van der Waals surface area contributed by atoms with Gasteiger partial charge in [-0.25, -0.2) is 0 Å². The van der Waals surface area contributed by atoms with E-state index in [4.69, 9.17) is 4.42 Å². The molecule has 2 atom stereocenters. The Labute approximate surface area is 116 Å². The van der Waals surface area contributed by atoms with Gasteiger partial charge in [-0.2, -0.15) is 0 Å². The Morgan fingerprint density at radius 3 is 2.60 bits per heavy atom. The first-order valence-corrected chi connectivity index (χ1v) is 6.66. The normalized spacial score (nSPS) is 20.7. The lowest BCUT2D eigenvalue weighted by atomic mass is 10.1. The fourth-order valence-corrected chi connectivity index (χ4v) is 2.35. The summed E-state index contributed by atoms with van der Waals surface area (Å²) in [6.45, 7) is 3.83. The van der Waals surface area contributed by atoms with Crippen LogP contribution in [0.15, 0.2) is 28.7 Å². The number of para-hydroxylation sites is 1. The fourth-order valence-electron chi connectivity index (χ4n) is 2.35. The minimum atomic E-state index is -0.430. The Kier molecular flexibility index (Phi) is 2.97. The van der Waals surface area contributed by atoms with Crippen LogP contribution in [0.2, 0.25) is 0 Å². The van der Waals surface area contributed by atoms with E-state index in [1.165, 1.54) is 0 Å². The number of nitrogens with one attached hydrogen (secondary N) is 2. The van der Waals surface area contributed by atoms with Gasteiger partial charge in [-0.1, -0.05) is 25.1 Å². The minimum absolute atomic E-state index is 0.0204. The lowest BCUT2D eigenvalue weighted by molar-refractivity contribution is -0.123. The third kappa shape index (κ3) is 2.15. The summed E-state index contributed by atoms with van der Waals surface area (Å²) in [6, 6.07) is 7.45. The van der Waals surface area contributed by atoms with Crippen molar-refractivity contribution in [3.63, 3.8) is 0 Å². The summed E-state index contributed by atoms with van der Waals surface area (Å²) in [5, 5.41) is 0.903. The molecule has 0 aliphatic heterocycles. The van der Waals surface area contributed by atoms with Gasteiger partial charge in [0.05, 0.1) is 0 Å². The predicted octanol–water partition coefficient (Wildman–Crippen LogP) is 2.16. The molecule has 1 aliphatic carbocycles. The third-order valence-electron chi connectivity index (χ3n) is 3.80. The molecule has 2 amide bonds. The molecule has 0 radical (unpaired) electrons. The van der Waals surface area contributed by atoms with E-state index in [1.807, 2.05) is 38.1 Å². The lowest BCUT2D eigenvalue weighted by Crippen LogP contribution is -2.42. The second-order valence-corrected chi connectivity index (χ2v) is 5.32. The second-order valence-electron chi connectivity index (χ2n) is 5.32. The molecule has 0 bridgehead atoms. The smallest absolute Gasteiger partial charge is 0.305 e. The van der Waals surface area contributed by atoms with Crippen LogP contribution in [0, 0.1) is 18.8 Å². The van der Waals surface area contributed by atoms with Gasteiger partial charge < -0.3 is 4.42 Å². The van der Waals surface area contributed by atoms with E-state index in [1.54, 1.807) is 0 Å². The molecule has 2 aromatic rings. The highest BCUT2D eigenvalue weighted by Gasteiger charge is 2.39. The van der Waals surface area contributed by atoms with Crippen molar-refractivity contribution < 1.29 is 14.0 Å². The summed E-state index contributed by atoms with van der Waals surface area (Å²) in [6.07, 6.45) is 0.880. The molecule has 1 fully saturated rings. The summed E-state index contributed by atoms with van der Waals surface area (Å²) < 4.78 is 5.53. The van der Waals surface area contributed by atoms with Crippen LogP contribution < -0.4 is 10.9 Å². The molecular formula is C15H16N2O3. The molecule has 2 N–H and O–H groups in total. The molecule has 0 unspecified atom stereocenters. The number of hydrazine groups is 1. The monoisotopic (exact) mass is 272 g/mol. The Morgan fingerprint density at radius 2 is 1.95 bits per heavy atom. The zero-order chi connectivity index (χ0) is 14.3. The molecule has 1 aliphatic rings. The van der Waals surface area contributed by atoms with Crippen LogP contribution in [0.4, 0.5) is 0 Å². The fraction of sp³-hybridized carbons (Fsp3) is 0.333. The average Bonchev–Trinajstić information content (AvgIpc) is 3.09. The molecule has 1 saturated carbocycles. The van der Waals surface area contributed by atoms with Crippen LogP contribution in [0.1, 0.15) is 29.5 Å². The molecule has 104 valence electrons. The predicted molar refractivity (Wildman–Crippen MR) is 73.8 cm³/mol. The van der Waals surface area contributed by atoms with Crippen LogP contribution in [0.3, 0.4) is 0 Å². The number of fused-ring (bicyclic) bond motifs is 1. The Hall–Kier alpha value is -2.30. The third-order valence-corrected chi connectivity index (χ3v) is 3.80. The molecule has 0 saturated heterocycles. The lowest BCUT2D eigenvalue weighted by Gasteiger charge is -2.05. The standard InChI is InChI=1S/C15H16N2O3/c1-8-7-11(8)14(18)16-17-15(19)13-9(2)10-5-3-4-6-12(10)20-13/h3-6,8,11H,7H2,1-2H3,(H,16,18)(H,17,19)/t8-,11+/m0/s1. The van der Waals surface area contributed by atoms with Crippen LogP contribution in [0.5, 0.6) is 0 Å². The molecule has 0 spiro atoms. The largest absolute Gasteiger partial charge is 0.451 e. The highest BCUT2D eigenvalue weighted by atomic mass is 16.3. The van der Waals surface area contributed by atoms with Crippen molar-refractivity contribution in [1.29, 1.82) is 0 Å².